The van der Waals surface area contributed by atoms with Crippen molar-refractivity contribution in [1.82, 2.24) is 4.90 Å². The van der Waals surface area contributed by atoms with Crippen LogP contribution in [0.3, 0.4) is 0 Å². The maximum absolute atomic E-state index is 12.0. The van der Waals surface area contributed by atoms with Crippen molar-refractivity contribution in [1.29, 1.82) is 0 Å². The van der Waals surface area contributed by atoms with Gasteiger partial charge in [-0.2, -0.15) is 0 Å². The molecule has 3 rings (SSSR count). The lowest BCUT2D eigenvalue weighted by Crippen LogP contribution is -2.51. The van der Waals surface area contributed by atoms with Crippen LogP contribution >= 0.6 is 0 Å². The van der Waals surface area contributed by atoms with Crippen molar-refractivity contribution in [3.8, 4) is 0 Å². The van der Waals surface area contributed by atoms with E-state index in [2.05, 4.69) is 0 Å². The average Bonchev–Trinajstić information content (AvgIpc) is 2.62. The minimum absolute atomic E-state index is 0.0691. The lowest BCUT2D eigenvalue weighted by atomic mass is 9.80. The first-order chi connectivity index (χ1) is 7.37. The van der Waals surface area contributed by atoms with Crippen LogP contribution in [0.4, 0.5) is 0 Å². The Morgan fingerprint density at radius 2 is 1.75 bits per heavy atom. The summed E-state index contributed by atoms with van der Waals surface area (Å²) in [7, 11) is 0. The predicted octanol–water partition coefficient (Wildman–Crippen LogP) is 0.542. The molecule has 2 unspecified atom stereocenters. The van der Waals surface area contributed by atoms with Crippen molar-refractivity contribution < 1.29 is 14.7 Å². The molecule has 2 amide bonds. The second-order valence-corrected chi connectivity index (χ2v) is 6.12. The number of β-amino-alcohol motifs (C(OH)–C–C–N with tert-alkyl or cyclic N) is 1. The number of hydrogen-bond donors (Lipinski definition) is 1. The van der Waals surface area contributed by atoms with Gasteiger partial charge in [-0.1, -0.05) is 13.8 Å². The van der Waals surface area contributed by atoms with E-state index in [1.807, 2.05) is 13.8 Å². The van der Waals surface area contributed by atoms with Gasteiger partial charge in [0.15, 0.2) is 0 Å². The average molecular weight is 223 g/mol. The lowest BCUT2D eigenvalue weighted by Gasteiger charge is -2.39. The van der Waals surface area contributed by atoms with Gasteiger partial charge in [0.25, 0.3) is 0 Å². The zero-order valence-electron chi connectivity index (χ0n) is 9.69. The second-order valence-electron chi connectivity index (χ2n) is 6.12. The normalized spacial score (nSPS) is 38.3. The highest BCUT2D eigenvalue weighted by Crippen LogP contribution is 2.63. The highest BCUT2D eigenvalue weighted by molar-refractivity contribution is 6.10. The number of fused-ring (bicyclic) bond motifs is 1. The molecule has 1 heterocycles. The number of imide groups is 1. The molecule has 3 fully saturated rings. The van der Waals surface area contributed by atoms with Crippen molar-refractivity contribution in [2.24, 2.45) is 17.3 Å². The molecule has 0 radical (unpaired) electrons. The Morgan fingerprint density at radius 1 is 1.25 bits per heavy atom. The van der Waals surface area contributed by atoms with Gasteiger partial charge in [0, 0.05) is 0 Å². The van der Waals surface area contributed by atoms with E-state index in [0.29, 0.717) is 12.8 Å². The van der Waals surface area contributed by atoms with Crippen LogP contribution in [0, 0.1) is 17.3 Å². The molecule has 0 aromatic heterocycles. The van der Waals surface area contributed by atoms with Gasteiger partial charge in [0.1, 0.15) is 0 Å². The summed E-state index contributed by atoms with van der Waals surface area (Å²) in [6, 6.07) is 0. The van der Waals surface area contributed by atoms with Crippen molar-refractivity contribution in [3.63, 3.8) is 0 Å². The number of likely N-dealkylation sites (tertiary alicyclic amines) is 1. The van der Waals surface area contributed by atoms with E-state index in [0.717, 1.165) is 6.42 Å². The van der Waals surface area contributed by atoms with Gasteiger partial charge in [-0.25, -0.2) is 0 Å². The summed E-state index contributed by atoms with van der Waals surface area (Å²) in [5, 5.41) is 9.99. The number of nitrogens with zero attached hydrogens (tertiary/aromatic N) is 1. The van der Waals surface area contributed by atoms with E-state index in [9.17, 15) is 14.7 Å². The molecule has 0 aromatic rings. The third kappa shape index (κ3) is 1.08. The van der Waals surface area contributed by atoms with Crippen LogP contribution in [0.2, 0.25) is 0 Å². The Balaban J connectivity index is 1.75. The molecule has 4 nitrogen and oxygen atoms in total. The van der Waals surface area contributed by atoms with Crippen molar-refractivity contribution >= 4 is 11.8 Å². The summed E-state index contributed by atoms with van der Waals surface area (Å²) >= 11 is 0. The van der Waals surface area contributed by atoms with Crippen LogP contribution in [0.5, 0.6) is 0 Å². The van der Waals surface area contributed by atoms with E-state index < -0.39 is 5.60 Å². The molecule has 1 aliphatic heterocycles. The first kappa shape index (κ1) is 10.3. The summed E-state index contributed by atoms with van der Waals surface area (Å²) in [6.45, 7) is 4.15. The first-order valence-electron chi connectivity index (χ1n) is 5.94. The molecule has 1 saturated heterocycles. The molecule has 3 aliphatic rings. The fourth-order valence-electron chi connectivity index (χ4n) is 3.20. The lowest BCUT2D eigenvalue weighted by molar-refractivity contribution is -0.150. The van der Waals surface area contributed by atoms with Gasteiger partial charge in [0.2, 0.25) is 11.8 Å². The molecule has 0 bridgehead atoms. The maximum Gasteiger partial charge on any atom is 0.233 e. The van der Waals surface area contributed by atoms with E-state index in [4.69, 9.17) is 0 Å². The summed E-state index contributed by atoms with van der Waals surface area (Å²) in [5.41, 5.74) is -0.931. The molecular weight excluding hydrogens is 206 g/mol. The SMILES string of the molecule is CC1(C)C2C(=O)N(CC3(O)CCC3)C(=O)C21. The number of amides is 2. The quantitative estimate of drug-likeness (QED) is 0.695. The maximum atomic E-state index is 12.0. The van der Waals surface area contributed by atoms with Crippen LogP contribution in [0.1, 0.15) is 33.1 Å². The van der Waals surface area contributed by atoms with Gasteiger partial charge in [0.05, 0.1) is 24.0 Å². The molecule has 16 heavy (non-hydrogen) atoms. The third-order valence-electron chi connectivity index (χ3n) is 4.63. The van der Waals surface area contributed by atoms with Crippen LogP contribution in [0.15, 0.2) is 0 Å². The van der Waals surface area contributed by atoms with E-state index >= 15 is 0 Å². The van der Waals surface area contributed by atoms with E-state index in [1.54, 1.807) is 0 Å². The Bertz CT molecular complexity index is 360. The van der Waals surface area contributed by atoms with Gasteiger partial charge in [-0.3, -0.25) is 14.5 Å². The number of carbonyl (C=O) groups is 2. The zero-order valence-corrected chi connectivity index (χ0v) is 9.69. The second kappa shape index (κ2) is 2.67. The number of aliphatic hydroxyl groups is 1. The molecule has 0 aromatic carbocycles. The molecule has 1 N–H and O–H groups in total. The minimum atomic E-state index is -0.785. The summed E-state index contributed by atoms with van der Waals surface area (Å²) in [6.07, 6.45) is 2.41. The zero-order chi connectivity index (χ0) is 11.7. The number of piperidine rings is 1. The Kier molecular flexibility index (Phi) is 1.71. The Hall–Kier alpha value is -0.900. The smallest absolute Gasteiger partial charge is 0.233 e. The largest absolute Gasteiger partial charge is 0.388 e. The van der Waals surface area contributed by atoms with Crippen LogP contribution < -0.4 is 0 Å². The molecule has 4 heteroatoms. The van der Waals surface area contributed by atoms with Crippen LogP contribution in [-0.2, 0) is 9.59 Å². The number of rotatable bonds is 2. The van der Waals surface area contributed by atoms with Crippen LogP contribution in [0.25, 0.3) is 0 Å². The van der Waals surface area contributed by atoms with Crippen molar-refractivity contribution in [2.45, 2.75) is 38.7 Å². The predicted molar refractivity (Wildman–Crippen MR) is 56.3 cm³/mol. The molecule has 2 atom stereocenters. The monoisotopic (exact) mass is 223 g/mol. The standard InChI is InChI=1S/C12H17NO3/c1-11(2)7-8(11)10(15)13(9(7)14)6-12(16)4-3-5-12/h7-8,16H,3-6H2,1-2H3. The van der Waals surface area contributed by atoms with E-state index in [-0.39, 0.29) is 35.6 Å². The highest BCUT2D eigenvalue weighted by atomic mass is 16.3. The van der Waals surface area contributed by atoms with Crippen LogP contribution in [-0.4, -0.2) is 34.0 Å². The molecule has 0 spiro atoms. The molecule has 88 valence electrons. The summed E-state index contributed by atoms with van der Waals surface area (Å²) < 4.78 is 0. The van der Waals surface area contributed by atoms with Gasteiger partial charge >= 0.3 is 0 Å². The molecular formula is C12H17NO3. The fraction of sp³-hybridized carbons (Fsp3) is 0.833. The van der Waals surface area contributed by atoms with Gasteiger partial charge in [-0.15, -0.1) is 0 Å². The fourth-order valence-corrected chi connectivity index (χ4v) is 3.20. The highest BCUT2D eigenvalue weighted by Gasteiger charge is 2.72. The van der Waals surface area contributed by atoms with Gasteiger partial charge in [-0.05, 0) is 24.7 Å². The molecule has 2 aliphatic carbocycles. The van der Waals surface area contributed by atoms with Crippen molar-refractivity contribution in [3.05, 3.63) is 0 Å². The summed E-state index contributed by atoms with van der Waals surface area (Å²) in [5.74, 6) is -0.381. The summed E-state index contributed by atoms with van der Waals surface area (Å²) in [4.78, 5) is 25.3. The topological polar surface area (TPSA) is 57.6 Å². The molecule has 2 saturated carbocycles. The van der Waals surface area contributed by atoms with Gasteiger partial charge < -0.3 is 5.11 Å². The van der Waals surface area contributed by atoms with E-state index in [1.165, 1.54) is 4.90 Å². The minimum Gasteiger partial charge on any atom is -0.388 e. The number of carbonyl (C=O) groups excluding carboxylic acids is 2. The Morgan fingerprint density at radius 3 is 2.12 bits per heavy atom. The first-order valence-corrected chi connectivity index (χ1v) is 5.94. The number of hydrogen-bond acceptors (Lipinski definition) is 3. The third-order valence-corrected chi connectivity index (χ3v) is 4.63. The Labute approximate surface area is 94.6 Å². The van der Waals surface area contributed by atoms with Crippen molar-refractivity contribution in [2.75, 3.05) is 6.54 Å².